The molecule has 0 unspecified atom stereocenters. The van der Waals surface area contributed by atoms with Crippen LogP contribution in [0.1, 0.15) is 20.3 Å². The van der Waals surface area contributed by atoms with Crippen LogP contribution in [0.5, 0.6) is 0 Å². The summed E-state index contributed by atoms with van der Waals surface area (Å²) in [6.07, 6.45) is 1.20. The maximum atomic E-state index is 4.85. The molecule has 0 aliphatic carbocycles. The fraction of sp³-hybridized carbons (Fsp3) is 0.857. The molecule has 0 atom stereocenters. The second-order valence-electron chi connectivity index (χ2n) is 2.49. The lowest BCUT2D eigenvalue weighted by atomic mass is 10.2. The van der Waals surface area contributed by atoms with Crippen LogP contribution in [0.4, 0.5) is 0 Å². The fourth-order valence-corrected chi connectivity index (χ4v) is 1.56. The number of rotatable bonds is 3. The number of thiocarbonyl (C=S) groups is 1. The summed E-state index contributed by atoms with van der Waals surface area (Å²) < 4.78 is 5.48. The molecule has 0 aromatic heterocycles. The molecule has 1 nitrogen and oxygen atoms in total. The lowest BCUT2D eigenvalue weighted by Crippen LogP contribution is -1.95. The molecule has 0 saturated carbocycles. The molecule has 0 fully saturated rings. The first kappa shape index (κ1) is 10.2. The second kappa shape index (κ2) is 5.98. The Morgan fingerprint density at radius 3 is 2.60 bits per heavy atom. The van der Waals surface area contributed by atoms with Crippen LogP contribution in [-0.2, 0) is 4.74 Å². The largest absolute Gasteiger partial charge is 0.482 e. The Kier molecular flexibility index (Phi) is 6.13. The molecule has 0 N–H and O–H groups in total. The summed E-state index contributed by atoms with van der Waals surface area (Å²) in [5.74, 6) is 1.83. The Balaban J connectivity index is 3.12. The summed E-state index contributed by atoms with van der Waals surface area (Å²) >= 11 is 6.46. The van der Waals surface area contributed by atoms with Gasteiger partial charge in [-0.3, -0.25) is 0 Å². The molecule has 0 bridgehead atoms. The van der Waals surface area contributed by atoms with Gasteiger partial charge < -0.3 is 4.74 Å². The van der Waals surface area contributed by atoms with Gasteiger partial charge in [0.25, 0.3) is 0 Å². The standard InChI is InChI=1S/C7H14OS2/c1-6(2)4-5-10-7(9)8-3/h6H,4-5H2,1-3H3. The van der Waals surface area contributed by atoms with Crippen LogP contribution in [-0.4, -0.2) is 17.2 Å². The molecular formula is C7H14OS2. The van der Waals surface area contributed by atoms with Crippen LogP contribution >= 0.6 is 24.0 Å². The Hall–Kier alpha value is 0.240. The zero-order valence-corrected chi connectivity index (χ0v) is 8.35. The summed E-state index contributed by atoms with van der Waals surface area (Å²) in [6.45, 7) is 4.41. The highest BCUT2D eigenvalue weighted by Crippen LogP contribution is 2.10. The van der Waals surface area contributed by atoms with Crippen molar-refractivity contribution in [2.75, 3.05) is 12.9 Å². The molecule has 0 saturated heterocycles. The van der Waals surface area contributed by atoms with Gasteiger partial charge in [0.1, 0.15) is 0 Å². The van der Waals surface area contributed by atoms with Gasteiger partial charge in [-0.05, 0) is 24.6 Å². The minimum Gasteiger partial charge on any atom is -0.482 e. The molecule has 0 heterocycles. The number of ether oxygens (including phenoxy) is 1. The van der Waals surface area contributed by atoms with E-state index >= 15 is 0 Å². The van der Waals surface area contributed by atoms with E-state index < -0.39 is 0 Å². The van der Waals surface area contributed by atoms with Crippen molar-refractivity contribution < 1.29 is 4.74 Å². The van der Waals surface area contributed by atoms with E-state index in [1.54, 1.807) is 18.9 Å². The molecular weight excluding hydrogens is 164 g/mol. The third kappa shape index (κ3) is 6.36. The first-order valence-corrected chi connectivity index (χ1v) is 4.77. The summed E-state index contributed by atoms with van der Waals surface area (Å²) in [4.78, 5) is 0. The van der Waals surface area contributed by atoms with E-state index in [2.05, 4.69) is 13.8 Å². The van der Waals surface area contributed by atoms with Crippen molar-refractivity contribution >= 4 is 28.4 Å². The highest BCUT2D eigenvalue weighted by atomic mass is 32.2. The SMILES string of the molecule is COC(=S)SCCC(C)C. The summed E-state index contributed by atoms with van der Waals surface area (Å²) in [5, 5.41) is 0. The van der Waals surface area contributed by atoms with Crippen LogP contribution < -0.4 is 0 Å². The predicted molar refractivity (Wildman–Crippen MR) is 51.5 cm³/mol. The molecule has 0 rings (SSSR count). The van der Waals surface area contributed by atoms with E-state index in [1.165, 1.54) is 6.42 Å². The van der Waals surface area contributed by atoms with E-state index in [9.17, 15) is 0 Å². The quantitative estimate of drug-likeness (QED) is 0.615. The van der Waals surface area contributed by atoms with Crippen molar-refractivity contribution in [3.05, 3.63) is 0 Å². The minimum absolute atomic E-state index is 0.653. The van der Waals surface area contributed by atoms with Gasteiger partial charge in [0, 0.05) is 5.75 Å². The molecule has 0 radical (unpaired) electrons. The maximum Gasteiger partial charge on any atom is 0.219 e. The topological polar surface area (TPSA) is 9.23 Å². The molecule has 10 heavy (non-hydrogen) atoms. The normalized spacial score (nSPS) is 10.0. The number of hydrogen-bond donors (Lipinski definition) is 0. The van der Waals surface area contributed by atoms with Crippen LogP contribution in [0.3, 0.4) is 0 Å². The maximum absolute atomic E-state index is 4.85. The fourth-order valence-electron chi connectivity index (χ4n) is 0.437. The van der Waals surface area contributed by atoms with Crippen LogP contribution in [0.2, 0.25) is 0 Å². The highest BCUT2D eigenvalue weighted by molar-refractivity contribution is 8.22. The van der Waals surface area contributed by atoms with Gasteiger partial charge in [-0.2, -0.15) is 0 Å². The molecule has 0 aromatic rings. The van der Waals surface area contributed by atoms with Crippen molar-refractivity contribution in [1.82, 2.24) is 0 Å². The van der Waals surface area contributed by atoms with Crippen LogP contribution in [0.15, 0.2) is 0 Å². The predicted octanol–water partition coefficient (Wildman–Crippen LogP) is 2.70. The number of thioether (sulfide) groups is 1. The lowest BCUT2D eigenvalue weighted by Gasteiger charge is -2.03. The van der Waals surface area contributed by atoms with E-state index in [4.69, 9.17) is 17.0 Å². The average Bonchev–Trinajstić information content (AvgIpc) is 1.87. The lowest BCUT2D eigenvalue weighted by molar-refractivity contribution is 0.426. The molecule has 0 amide bonds. The van der Waals surface area contributed by atoms with E-state index in [0.717, 1.165) is 11.7 Å². The zero-order chi connectivity index (χ0) is 7.98. The second-order valence-corrected chi connectivity index (χ2v) is 4.18. The first-order valence-electron chi connectivity index (χ1n) is 3.37. The average molecular weight is 178 g/mol. The molecule has 3 heteroatoms. The zero-order valence-electron chi connectivity index (χ0n) is 6.72. The molecule has 0 aliphatic rings. The van der Waals surface area contributed by atoms with E-state index in [1.807, 2.05) is 0 Å². The van der Waals surface area contributed by atoms with E-state index in [-0.39, 0.29) is 0 Å². The summed E-state index contributed by atoms with van der Waals surface area (Å²) in [6, 6.07) is 0. The Morgan fingerprint density at radius 2 is 2.20 bits per heavy atom. The van der Waals surface area contributed by atoms with Gasteiger partial charge >= 0.3 is 0 Å². The monoisotopic (exact) mass is 178 g/mol. The Labute approximate surface area is 72.5 Å². The third-order valence-corrected chi connectivity index (χ3v) is 2.44. The number of methoxy groups -OCH3 is 1. The minimum atomic E-state index is 0.653. The van der Waals surface area contributed by atoms with Gasteiger partial charge in [0.15, 0.2) is 0 Å². The number of hydrogen-bond acceptors (Lipinski definition) is 3. The van der Waals surface area contributed by atoms with Gasteiger partial charge in [-0.25, -0.2) is 0 Å². The van der Waals surface area contributed by atoms with Gasteiger partial charge in [-0.15, -0.1) is 0 Å². The molecule has 0 aromatic carbocycles. The van der Waals surface area contributed by atoms with Crippen LogP contribution in [0, 0.1) is 5.92 Å². The smallest absolute Gasteiger partial charge is 0.219 e. The molecule has 60 valence electrons. The Bertz CT molecular complexity index is 102. The summed E-state index contributed by atoms with van der Waals surface area (Å²) in [7, 11) is 1.62. The van der Waals surface area contributed by atoms with Gasteiger partial charge in [0.2, 0.25) is 4.38 Å². The molecule has 0 spiro atoms. The van der Waals surface area contributed by atoms with Crippen molar-refractivity contribution in [2.45, 2.75) is 20.3 Å². The van der Waals surface area contributed by atoms with Gasteiger partial charge in [-0.1, -0.05) is 25.6 Å². The first-order chi connectivity index (χ1) is 4.66. The van der Waals surface area contributed by atoms with Crippen molar-refractivity contribution in [3.63, 3.8) is 0 Å². The van der Waals surface area contributed by atoms with Crippen LogP contribution in [0.25, 0.3) is 0 Å². The Morgan fingerprint density at radius 1 is 1.60 bits per heavy atom. The summed E-state index contributed by atoms with van der Waals surface area (Å²) in [5.41, 5.74) is 0. The van der Waals surface area contributed by atoms with E-state index in [0.29, 0.717) is 4.38 Å². The van der Waals surface area contributed by atoms with Crippen molar-refractivity contribution in [1.29, 1.82) is 0 Å². The third-order valence-electron chi connectivity index (χ3n) is 1.08. The van der Waals surface area contributed by atoms with Crippen molar-refractivity contribution in [2.24, 2.45) is 5.92 Å². The van der Waals surface area contributed by atoms with Crippen molar-refractivity contribution in [3.8, 4) is 0 Å². The highest BCUT2D eigenvalue weighted by Gasteiger charge is 1.97. The van der Waals surface area contributed by atoms with Gasteiger partial charge in [0.05, 0.1) is 7.11 Å². The molecule has 0 aliphatic heterocycles.